The zero-order valence-electron chi connectivity index (χ0n) is 9.22. The van der Waals surface area contributed by atoms with Crippen LogP contribution in [0.4, 0.5) is 0 Å². The molecule has 3 rings (SSSR count). The van der Waals surface area contributed by atoms with Crippen molar-refractivity contribution in [1.29, 1.82) is 0 Å². The number of hydrogen-bond acceptors (Lipinski definition) is 2. The fraction of sp³-hybridized carbons (Fsp3) is 0.167. The molecule has 0 bridgehead atoms. The first-order valence-corrected chi connectivity index (χ1v) is 5.62. The molecular weight excluding hydrogens is 238 g/mol. The van der Waals surface area contributed by atoms with Gasteiger partial charge in [-0.05, 0) is 12.1 Å². The highest BCUT2D eigenvalue weighted by Crippen LogP contribution is 2.28. The largest absolute Gasteiger partial charge is 0.336 e. The summed E-state index contributed by atoms with van der Waals surface area (Å²) in [6.07, 6.45) is 3.47. The number of carbonyl (C=O) groups is 1. The summed E-state index contributed by atoms with van der Waals surface area (Å²) in [5.41, 5.74) is 2.30. The van der Waals surface area contributed by atoms with Crippen LogP contribution < -0.4 is 0 Å². The fourth-order valence-electron chi connectivity index (χ4n) is 2.09. The number of benzene rings is 1. The molecule has 1 aliphatic rings. The lowest BCUT2D eigenvalue weighted by molar-refractivity contribution is 0.0788. The lowest BCUT2D eigenvalue weighted by Gasteiger charge is -2.14. The Kier molecular flexibility index (Phi) is 2.19. The van der Waals surface area contributed by atoms with Gasteiger partial charge in [0.05, 0.1) is 41.0 Å². The molecule has 1 aliphatic heterocycles. The van der Waals surface area contributed by atoms with Crippen molar-refractivity contribution >= 4 is 17.5 Å². The molecule has 0 unspecified atom stereocenters. The molecule has 1 aromatic heterocycles. The summed E-state index contributed by atoms with van der Waals surface area (Å²) in [5, 5.41) is 0.473. The van der Waals surface area contributed by atoms with E-state index in [1.54, 1.807) is 30.5 Å². The van der Waals surface area contributed by atoms with E-state index in [1.165, 1.54) is 0 Å². The van der Waals surface area contributed by atoms with E-state index < -0.39 is 0 Å². The second-order valence-corrected chi connectivity index (χ2v) is 4.46. The normalized spacial score (nSPS) is 14.2. The molecule has 0 saturated carbocycles. The number of rotatable bonds is 0. The van der Waals surface area contributed by atoms with Gasteiger partial charge < -0.3 is 9.47 Å². The average molecular weight is 248 g/mol. The molecule has 0 atom stereocenters. The molecule has 1 aromatic carbocycles. The van der Waals surface area contributed by atoms with E-state index >= 15 is 0 Å². The van der Waals surface area contributed by atoms with Crippen LogP contribution >= 0.6 is 11.6 Å². The molecule has 0 aliphatic carbocycles. The molecule has 5 heteroatoms. The van der Waals surface area contributed by atoms with Crippen LogP contribution in [0.2, 0.25) is 5.02 Å². The first-order chi connectivity index (χ1) is 8.18. The number of imidazole rings is 1. The molecule has 2 aromatic rings. The summed E-state index contributed by atoms with van der Waals surface area (Å²) >= 11 is 6.13. The monoisotopic (exact) mass is 247 g/mol. The lowest BCUT2D eigenvalue weighted by Crippen LogP contribution is -2.25. The molecule has 4 nitrogen and oxygen atoms in total. The molecular formula is C12H10ClN3O. The van der Waals surface area contributed by atoms with Gasteiger partial charge in [-0.2, -0.15) is 0 Å². The molecule has 86 valence electrons. The van der Waals surface area contributed by atoms with Crippen LogP contribution in [0.5, 0.6) is 0 Å². The van der Waals surface area contributed by atoms with Crippen molar-refractivity contribution in [2.45, 2.75) is 6.54 Å². The minimum absolute atomic E-state index is 0.0608. The number of fused-ring (bicyclic) bond motifs is 3. The summed E-state index contributed by atoms with van der Waals surface area (Å²) in [4.78, 5) is 18.0. The number of hydrogen-bond donors (Lipinski definition) is 0. The third-order valence-corrected chi connectivity index (χ3v) is 3.24. The van der Waals surface area contributed by atoms with Crippen molar-refractivity contribution in [3.05, 3.63) is 47.0 Å². The van der Waals surface area contributed by atoms with E-state index in [4.69, 9.17) is 11.6 Å². The summed E-state index contributed by atoms with van der Waals surface area (Å²) in [7, 11) is 1.76. The van der Waals surface area contributed by atoms with Crippen LogP contribution in [0.15, 0.2) is 30.7 Å². The van der Waals surface area contributed by atoms with Crippen LogP contribution in [0.3, 0.4) is 0 Å². The van der Waals surface area contributed by atoms with Gasteiger partial charge >= 0.3 is 0 Å². The number of amides is 1. The standard InChI is InChI=1S/C12H10ClN3O/c1-15-6-8-5-14-7-16(8)10-4-2-3-9(13)11(10)12(15)17/h2-5,7H,6H2,1H3. The van der Waals surface area contributed by atoms with Gasteiger partial charge in [-0.25, -0.2) is 4.98 Å². The molecule has 0 saturated heterocycles. The molecule has 1 amide bonds. The predicted molar refractivity (Wildman–Crippen MR) is 64.4 cm³/mol. The highest BCUT2D eigenvalue weighted by Gasteiger charge is 2.25. The second-order valence-electron chi connectivity index (χ2n) is 4.05. The maximum atomic E-state index is 12.2. The van der Waals surface area contributed by atoms with Gasteiger partial charge in [0.1, 0.15) is 0 Å². The molecule has 2 heterocycles. The minimum atomic E-state index is -0.0608. The summed E-state index contributed by atoms with van der Waals surface area (Å²) in [6.45, 7) is 0.532. The van der Waals surface area contributed by atoms with Gasteiger partial charge in [-0.1, -0.05) is 17.7 Å². The predicted octanol–water partition coefficient (Wildman–Crippen LogP) is 2.11. The highest BCUT2D eigenvalue weighted by molar-refractivity contribution is 6.34. The summed E-state index contributed by atoms with van der Waals surface area (Å²) in [5.74, 6) is -0.0608. The SMILES string of the molecule is CN1Cc2cncn2-c2cccc(Cl)c2C1=O. The Bertz CT molecular complexity index is 606. The van der Waals surface area contributed by atoms with E-state index in [9.17, 15) is 4.79 Å². The molecule has 0 N–H and O–H groups in total. The van der Waals surface area contributed by atoms with Gasteiger partial charge in [0, 0.05) is 7.05 Å². The Morgan fingerprint density at radius 3 is 3.06 bits per heavy atom. The van der Waals surface area contributed by atoms with Crippen molar-refractivity contribution in [2.75, 3.05) is 7.05 Å². The van der Waals surface area contributed by atoms with E-state index in [2.05, 4.69) is 4.98 Å². The van der Waals surface area contributed by atoms with Crippen molar-refractivity contribution < 1.29 is 4.79 Å². The molecule has 0 spiro atoms. The van der Waals surface area contributed by atoms with Gasteiger partial charge in [-0.15, -0.1) is 0 Å². The van der Waals surface area contributed by atoms with Gasteiger partial charge in [0.25, 0.3) is 5.91 Å². The van der Waals surface area contributed by atoms with Gasteiger partial charge in [0.15, 0.2) is 0 Å². The Hall–Kier alpha value is -1.81. The van der Waals surface area contributed by atoms with Crippen molar-refractivity contribution in [3.8, 4) is 5.69 Å². The molecule has 0 radical (unpaired) electrons. The minimum Gasteiger partial charge on any atom is -0.336 e. The smallest absolute Gasteiger partial charge is 0.257 e. The first kappa shape index (κ1) is 10.4. The first-order valence-electron chi connectivity index (χ1n) is 5.24. The Balaban J connectivity index is 2.36. The zero-order valence-corrected chi connectivity index (χ0v) is 9.98. The van der Waals surface area contributed by atoms with Crippen molar-refractivity contribution in [1.82, 2.24) is 14.5 Å². The van der Waals surface area contributed by atoms with E-state index in [1.807, 2.05) is 16.7 Å². The average Bonchev–Trinajstić information content (AvgIpc) is 2.72. The van der Waals surface area contributed by atoms with Crippen molar-refractivity contribution in [2.24, 2.45) is 0 Å². The highest BCUT2D eigenvalue weighted by atomic mass is 35.5. The van der Waals surface area contributed by atoms with Crippen LogP contribution in [0, 0.1) is 0 Å². The van der Waals surface area contributed by atoms with Crippen LogP contribution in [-0.2, 0) is 6.54 Å². The Morgan fingerprint density at radius 2 is 2.24 bits per heavy atom. The van der Waals surface area contributed by atoms with E-state index in [-0.39, 0.29) is 5.91 Å². The van der Waals surface area contributed by atoms with Crippen LogP contribution in [-0.4, -0.2) is 27.4 Å². The summed E-state index contributed by atoms with van der Waals surface area (Å²) < 4.78 is 1.91. The maximum absolute atomic E-state index is 12.2. The number of halogens is 1. The van der Waals surface area contributed by atoms with Gasteiger partial charge in [0.2, 0.25) is 0 Å². The number of nitrogens with zero attached hydrogens (tertiary/aromatic N) is 3. The molecule has 17 heavy (non-hydrogen) atoms. The Morgan fingerprint density at radius 1 is 1.41 bits per heavy atom. The summed E-state index contributed by atoms with van der Waals surface area (Å²) in [6, 6.07) is 5.45. The number of aromatic nitrogens is 2. The fourth-order valence-corrected chi connectivity index (χ4v) is 2.34. The Labute approximate surface area is 103 Å². The van der Waals surface area contributed by atoms with Crippen LogP contribution in [0.25, 0.3) is 5.69 Å². The van der Waals surface area contributed by atoms with Gasteiger partial charge in [-0.3, -0.25) is 4.79 Å². The topological polar surface area (TPSA) is 38.1 Å². The maximum Gasteiger partial charge on any atom is 0.257 e. The van der Waals surface area contributed by atoms with Crippen LogP contribution in [0.1, 0.15) is 16.1 Å². The molecule has 0 fully saturated rings. The third-order valence-electron chi connectivity index (χ3n) is 2.93. The lowest BCUT2D eigenvalue weighted by atomic mass is 10.1. The number of carbonyl (C=O) groups excluding carboxylic acids is 1. The zero-order chi connectivity index (χ0) is 12.0. The second kappa shape index (κ2) is 3.60. The quantitative estimate of drug-likeness (QED) is 0.715. The van der Waals surface area contributed by atoms with E-state index in [0.717, 1.165) is 11.4 Å². The van der Waals surface area contributed by atoms with E-state index in [0.29, 0.717) is 17.1 Å². The third kappa shape index (κ3) is 1.45. The van der Waals surface area contributed by atoms with Crippen molar-refractivity contribution in [3.63, 3.8) is 0 Å².